The Bertz CT molecular complexity index is 1050. The first-order chi connectivity index (χ1) is 14.1. The number of carbonyl (C=O) groups is 1. The van der Waals surface area contributed by atoms with E-state index in [4.69, 9.17) is 17.3 Å². The van der Waals surface area contributed by atoms with E-state index >= 15 is 0 Å². The summed E-state index contributed by atoms with van der Waals surface area (Å²) in [5, 5.41) is 18.1. The van der Waals surface area contributed by atoms with Gasteiger partial charge in [0.15, 0.2) is 10.8 Å². The number of thiocarbonyl (C=S) groups is 1. The molecule has 1 amide bonds. The van der Waals surface area contributed by atoms with E-state index in [1.54, 1.807) is 6.20 Å². The van der Waals surface area contributed by atoms with Gasteiger partial charge in [0.05, 0.1) is 17.6 Å². The molecule has 0 bridgehead atoms. The molecule has 0 atom stereocenters. The van der Waals surface area contributed by atoms with Crippen molar-refractivity contribution >= 4 is 51.7 Å². The normalized spacial score (nSPS) is 14.1. The molecule has 0 saturated heterocycles. The van der Waals surface area contributed by atoms with Gasteiger partial charge in [-0.1, -0.05) is 12.8 Å². The number of thiophene rings is 1. The molecule has 150 valence electrons. The van der Waals surface area contributed by atoms with Crippen LogP contribution in [0.2, 0.25) is 0 Å². The van der Waals surface area contributed by atoms with Crippen molar-refractivity contribution in [1.29, 1.82) is 0 Å². The number of hydrogen-bond acceptors (Lipinski definition) is 6. The van der Waals surface area contributed by atoms with E-state index in [1.807, 2.05) is 24.3 Å². The Balaban J connectivity index is 1.49. The highest BCUT2D eigenvalue weighted by molar-refractivity contribution is 7.80. The molecule has 0 aliphatic heterocycles. The summed E-state index contributed by atoms with van der Waals surface area (Å²) in [4.78, 5) is 26.1. The minimum atomic E-state index is -1.05. The van der Waals surface area contributed by atoms with Crippen molar-refractivity contribution in [3.8, 4) is 10.6 Å². The SMILES string of the molecule is O=C(O)NCc1ccc(-c2cnc3ccc(NC(=S)NC4CCCC4)nc3n2)s1. The fourth-order valence-corrected chi connectivity index (χ4v) is 4.44. The summed E-state index contributed by atoms with van der Waals surface area (Å²) in [6.45, 7) is 0.263. The van der Waals surface area contributed by atoms with Gasteiger partial charge in [0, 0.05) is 10.9 Å². The smallest absolute Gasteiger partial charge is 0.404 e. The van der Waals surface area contributed by atoms with Crippen LogP contribution in [0.3, 0.4) is 0 Å². The number of pyridine rings is 1. The Labute approximate surface area is 176 Å². The van der Waals surface area contributed by atoms with E-state index in [0.29, 0.717) is 33.8 Å². The third-order valence-corrected chi connectivity index (χ3v) is 5.99. The number of rotatable bonds is 5. The summed E-state index contributed by atoms with van der Waals surface area (Å²) < 4.78 is 0. The van der Waals surface area contributed by atoms with Gasteiger partial charge in [-0.25, -0.2) is 14.8 Å². The summed E-state index contributed by atoms with van der Waals surface area (Å²) in [5.74, 6) is 0.622. The summed E-state index contributed by atoms with van der Waals surface area (Å²) in [7, 11) is 0. The Morgan fingerprint density at radius 1 is 1.21 bits per heavy atom. The summed E-state index contributed by atoms with van der Waals surface area (Å²) in [6.07, 6.45) is 5.42. The van der Waals surface area contributed by atoms with Crippen LogP contribution in [-0.4, -0.2) is 37.3 Å². The van der Waals surface area contributed by atoms with Gasteiger partial charge in [-0.05, 0) is 49.3 Å². The van der Waals surface area contributed by atoms with Gasteiger partial charge >= 0.3 is 6.09 Å². The van der Waals surface area contributed by atoms with Crippen LogP contribution in [0.4, 0.5) is 10.6 Å². The monoisotopic (exact) mass is 428 g/mol. The fourth-order valence-electron chi connectivity index (χ4n) is 3.27. The lowest BCUT2D eigenvalue weighted by atomic mass is 10.3. The van der Waals surface area contributed by atoms with Gasteiger partial charge in [-0.2, -0.15) is 0 Å². The van der Waals surface area contributed by atoms with Crippen LogP contribution in [0.15, 0.2) is 30.5 Å². The highest BCUT2D eigenvalue weighted by atomic mass is 32.1. The molecular weight excluding hydrogens is 408 g/mol. The van der Waals surface area contributed by atoms with Crippen LogP contribution < -0.4 is 16.0 Å². The lowest BCUT2D eigenvalue weighted by Crippen LogP contribution is -2.36. The Hall–Kier alpha value is -2.85. The second-order valence-corrected chi connectivity index (χ2v) is 8.38. The average Bonchev–Trinajstić information content (AvgIpc) is 3.37. The van der Waals surface area contributed by atoms with E-state index in [1.165, 1.54) is 24.2 Å². The highest BCUT2D eigenvalue weighted by Gasteiger charge is 2.16. The summed E-state index contributed by atoms with van der Waals surface area (Å²) >= 11 is 6.87. The molecule has 0 aromatic carbocycles. The first-order valence-electron chi connectivity index (χ1n) is 9.34. The molecule has 1 fully saturated rings. The zero-order chi connectivity index (χ0) is 20.2. The number of aromatic nitrogens is 3. The molecule has 1 aliphatic rings. The number of fused-ring (bicyclic) bond motifs is 1. The third kappa shape index (κ3) is 4.96. The molecule has 8 nitrogen and oxygen atoms in total. The Kier molecular flexibility index (Phi) is 5.81. The van der Waals surface area contributed by atoms with Crippen molar-refractivity contribution in [2.24, 2.45) is 0 Å². The van der Waals surface area contributed by atoms with Crippen molar-refractivity contribution < 1.29 is 9.90 Å². The second-order valence-electron chi connectivity index (χ2n) is 6.80. The van der Waals surface area contributed by atoms with Crippen LogP contribution in [0.25, 0.3) is 21.7 Å². The van der Waals surface area contributed by atoms with Gasteiger partial charge in [0.1, 0.15) is 17.0 Å². The molecule has 1 aliphatic carbocycles. The lowest BCUT2D eigenvalue weighted by Gasteiger charge is -2.15. The molecular formula is C19H20N6O2S2. The average molecular weight is 429 g/mol. The van der Waals surface area contributed by atoms with E-state index < -0.39 is 6.09 Å². The standard InChI is InChI=1S/C19H20N6O2S2/c26-19(27)21-9-12-5-7-15(29-12)14-10-20-13-6-8-16(24-17(13)23-14)25-18(28)22-11-3-1-2-4-11/h5-8,10-11,21H,1-4,9H2,(H,26,27)(H2,22,23,24,25,28). The predicted octanol–water partition coefficient (Wildman–Crippen LogP) is 3.75. The molecule has 1 saturated carbocycles. The van der Waals surface area contributed by atoms with Crippen LogP contribution in [-0.2, 0) is 6.54 Å². The quantitative estimate of drug-likeness (QED) is 0.455. The molecule has 0 radical (unpaired) electrons. The summed E-state index contributed by atoms with van der Waals surface area (Å²) in [6, 6.07) is 7.91. The minimum Gasteiger partial charge on any atom is -0.465 e. The molecule has 0 spiro atoms. The van der Waals surface area contributed by atoms with Gasteiger partial charge in [-0.3, -0.25) is 4.98 Å². The molecule has 29 heavy (non-hydrogen) atoms. The Morgan fingerprint density at radius 3 is 2.83 bits per heavy atom. The van der Waals surface area contributed by atoms with Crippen LogP contribution in [0.5, 0.6) is 0 Å². The first kappa shape index (κ1) is 19.5. The number of nitrogens with one attached hydrogen (secondary N) is 3. The molecule has 4 N–H and O–H groups in total. The van der Waals surface area contributed by atoms with Crippen LogP contribution in [0, 0.1) is 0 Å². The van der Waals surface area contributed by atoms with Crippen molar-refractivity contribution in [2.75, 3.05) is 5.32 Å². The maximum absolute atomic E-state index is 10.6. The molecule has 3 aromatic heterocycles. The lowest BCUT2D eigenvalue weighted by molar-refractivity contribution is 0.194. The summed E-state index contributed by atoms with van der Waals surface area (Å²) in [5.41, 5.74) is 1.91. The number of carboxylic acid groups (broad SMARTS) is 1. The topological polar surface area (TPSA) is 112 Å². The zero-order valence-corrected chi connectivity index (χ0v) is 17.1. The molecule has 0 unspecified atom stereocenters. The fraction of sp³-hybridized carbons (Fsp3) is 0.316. The van der Waals surface area contributed by atoms with Gasteiger partial charge in [0.2, 0.25) is 0 Å². The van der Waals surface area contributed by atoms with Crippen LogP contribution in [0.1, 0.15) is 30.6 Å². The molecule has 3 aromatic rings. The second kappa shape index (κ2) is 8.66. The number of amides is 1. The van der Waals surface area contributed by atoms with Crippen LogP contribution >= 0.6 is 23.6 Å². The first-order valence-corrected chi connectivity index (χ1v) is 10.6. The van der Waals surface area contributed by atoms with Gasteiger partial charge in [0.25, 0.3) is 0 Å². The number of nitrogens with zero attached hydrogens (tertiary/aromatic N) is 3. The number of anilines is 1. The largest absolute Gasteiger partial charge is 0.465 e. The van der Waals surface area contributed by atoms with Crippen molar-refractivity contribution in [2.45, 2.75) is 38.3 Å². The van der Waals surface area contributed by atoms with Gasteiger partial charge < -0.3 is 21.1 Å². The van der Waals surface area contributed by atoms with Gasteiger partial charge in [-0.15, -0.1) is 11.3 Å². The molecule has 3 heterocycles. The molecule has 10 heteroatoms. The number of hydrogen-bond donors (Lipinski definition) is 4. The minimum absolute atomic E-state index is 0.263. The van der Waals surface area contributed by atoms with E-state index in [-0.39, 0.29) is 6.54 Å². The van der Waals surface area contributed by atoms with E-state index in [9.17, 15) is 4.79 Å². The third-order valence-electron chi connectivity index (χ3n) is 4.67. The Morgan fingerprint density at radius 2 is 2.03 bits per heavy atom. The van der Waals surface area contributed by atoms with Crippen molar-refractivity contribution in [1.82, 2.24) is 25.6 Å². The molecule has 4 rings (SSSR count). The maximum atomic E-state index is 10.6. The van der Waals surface area contributed by atoms with Crippen molar-refractivity contribution in [3.63, 3.8) is 0 Å². The highest BCUT2D eigenvalue weighted by Crippen LogP contribution is 2.27. The zero-order valence-electron chi connectivity index (χ0n) is 15.5. The van der Waals surface area contributed by atoms with E-state index in [0.717, 1.165) is 22.6 Å². The van der Waals surface area contributed by atoms with E-state index in [2.05, 4.69) is 30.9 Å². The maximum Gasteiger partial charge on any atom is 0.404 e. The van der Waals surface area contributed by atoms with Crippen molar-refractivity contribution in [3.05, 3.63) is 35.3 Å². The predicted molar refractivity (Wildman–Crippen MR) is 117 cm³/mol.